The monoisotopic (exact) mass is 142 g/mol. The zero-order valence-corrected chi connectivity index (χ0v) is 5.83. The highest BCUT2D eigenvalue weighted by atomic mass is 16.4. The van der Waals surface area contributed by atoms with Crippen LogP contribution >= 0.6 is 0 Å². The van der Waals surface area contributed by atoms with E-state index >= 15 is 0 Å². The van der Waals surface area contributed by atoms with Crippen molar-refractivity contribution in [3.05, 3.63) is 0 Å². The molecule has 1 fully saturated rings. The summed E-state index contributed by atoms with van der Waals surface area (Å²) in [7, 11) is 0. The Morgan fingerprint density at radius 1 is 1.30 bits per heavy atom. The minimum Gasteiger partial charge on any atom is -0.481 e. The van der Waals surface area contributed by atoms with E-state index in [2.05, 4.69) is 0 Å². The van der Waals surface area contributed by atoms with Gasteiger partial charge in [-0.25, -0.2) is 0 Å². The van der Waals surface area contributed by atoms with Crippen LogP contribution in [0.25, 0.3) is 0 Å². The average Bonchev–Trinajstić information content (AvgIpc) is 1.56. The molecule has 0 radical (unpaired) electrons. The highest BCUT2D eigenvalue weighted by Gasteiger charge is 2.36. The highest BCUT2D eigenvalue weighted by molar-refractivity contribution is 5.82. The summed E-state index contributed by atoms with van der Waals surface area (Å²) >= 11 is 0. The van der Waals surface area contributed by atoms with Gasteiger partial charge in [0.05, 0.1) is 5.92 Å². The SMILES string of the molecule is CC(=O)C1CC(C(=O)O)C1. The molecule has 0 aromatic rings. The van der Waals surface area contributed by atoms with Crippen molar-refractivity contribution in [1.29, 1.82) is 0 Å². The van der Waals surface area contributed by atoms with Crippen LogP contribution in [-0.4, -0.2) is 16.9 Å². The first kappa shape index (κ1) is 7.25. The van der Waals surface area contributed by atoms with Crippen molar-refractivity contribution in [2.45, 2.75) is 19.8 Å². The standard InChI is InChI=1S/C7H10O3/c1-4(8)5-2-6(3-5)7(9)10/h5-6H,2-3H2,1H3,(H,9,10). The number of ketones is 1. The van der Waals surface area contributed by atoms with E-state index in [9.17, 15) is 9.59 Å². The zero-order chi connectivity index (χ0) is 7.72. The molecule has 1 aliphatic carbocycles. The molecule has 1 N–H and O–H groups in total. The van der Waals surface area contributed by atoms with Crippen LogP contribution in [0.2, 0.25) is 0 Å². The van der Waals surface area contributed by atoms with Crippen LogP contribution < -0.4 is 0 Å². The van der Waals surface area contributed by atoms with Crippen molar-refractivity contribution in [2.75, 3.05) is 0 Å². The topological polar surface area (TPSA) is 54.4 Å². The van der Waals surface area contributed by atoms with Crippen LogP contribution in [0, 0.1) is 11.8 Å². The lowest BCUT2D eigenvalue weighted by Gasteiger charge is -2.29. The summed E-state index contributed by atoms with van der Waals surface area (Å²) in [6.07, 6.45) is 1.09. The smallest absolute Gasteiger partial charge is 0.306 e. The molecule has 56 valence electrons. The Balaban J connectivity index is 2.31. The second kappa shape index (κ2) is 2.40. The average molecular weight is 142 g/mol. The Kier molecular flexibility index (Phi) is 1.74. The van der Waals surface area contributed by atoms with Crippen LogP contribution in [0.1, 0.15) is 19.8 Å². The third kappa shape index (κ3) is 1.17. The quantitative estimate of drug-likeness (QED) is 0.617. The molecule has 1 rings (SSSR count). The van der Waals surface area contributed by atoms with Crippen molar-refractivity contribution < 1.29 is 14.7 Å². The Labute approximate surface area is 59.0 Å². The molecule has 0 amide bonds. The number of aliphatic carboxylic acids is 1. The molecular weight excluding hydrogens is 132 g/mol. The second-order valence-electron chi connectivity index (χ2n) is 2.81. The molecule has 0 spiro atoms. The maximum Gasteiger partial charge on any atom is 0.306 e. The predicted octanol–water partition coefficient (Wildman–Crippen LogP) is 0.686. The molecule has 0 bridgehead atoms. The number of hydrogen-bond acceptors (Lipinski definition) is 2. The summed E-state index contributed by atoms with van der Waals surface area (Å²) in [5.41, 5.74) is 0. The first-order valence-electron chi connectivity index (χ1n) is 3.34. The van der Waals surface area contributed by atoms with Gasteiger partial charge in [0.1, 0.15) is 5.78 Å². The van der Waals surface area contributed by atoms with Crippen molar-refractivity contribution in [3.8, 4) is 0 Å². The van der Waals surface area contributed by atoms with Crippen LogP contribution in [0.15, 0.2) is 0 Å². The van der Waals surface area contributed by atoms with E-state index in [1.54, 1.807) is 0 Å². The largest absolute Gasteiger partial charge is 0.481 e. The molecule has 0 aliphatic heterocycles. The summed E-state index contributed by atoms with van der Waals surface area (Å²) in [6, 6.07) is 0. The molecule has 0 saturated heterocycles. The predicted molar refractivity (Wildman–Crippen MR) is 34.5 cm³/mol. The number of hydrogen-bond donors (Lipinski definition) is 1. The summed E-state index contributed by atoms with van der Waals surface area (Å²) in [6.45, 7) is 1.52. The zero-order valence-electron chi connectivity index (χ0n) is 5.83. The van der Waals surface area contributed by atoms with Crippen molar-refractivity contribution in [1.82, 2.24) is 0 Å². The van der Waals surface area contributed by atoms with E-state index in [-0.39, 0.29) is 17.6 Å². The highest BCUT2D eigenvalue weighted by Crippen LogP contribution is 2.34. The fourth-order valence-corrected chi connectivity index (χ4v) is 1.15. The molecule has 0 atom stereocenters. The van der Waals surface area contributed by atoms with Crippen LogP contribution in [-0.2, 0) is 9.59 Å². The van der Waals surface area contributed by atoms with Gasteiger partial charge in [0.25, 0.3) is 0 Å². The lowest BCUT2D eigenvalue weighted by Crippen LogP contribution is -2.34. The summed E-state index contributed by atoms with van der Waals surface area (Å²) in [5, 5.41) is 8.42. The molecular formula is C7H10O3. The lowest BCUT2D eigenvalue weighted by molar-refractivity contribution is -0.147. The van der Waals surface area contributed by atoms with Gasteiger partial charge >= 0.3 is 5.97 Å². The van der Waals surface area contributed by atoms with E-state index in [0.717, 1.165) is 0 Å². The maximum atomic E-state index is 10.6. The molecule has 0 aromatic carbocycles. The van der Waals surface area contributed by atoms with Crippen molar-refractivity contribution in [3.63, 3.8) is 0 Å². The van der Waals surface area contributed by atoms with Gasteiger partial charge in [-0.2, -0.15) is 0 Å². The first-order chi connectivity index (χ1) is 4.61. The minimum atomic E-state index is -0.766. The van der Waals surface area contributed by atoms with E-state index in [0.29, 0.717) is 12.8 Å². The molecule has 10 heavy (non-hydrogen) atoms. The van der Waals surface area contributed by atoms with Gasteiger partial charge in [-0.05, 0) is 19.8 Å². The number of carboxylic acids is 1. The van der Waals surface area contributed by atoms with Gasteiger partial charge in [-0.1, -0.05) is 0 Å². The molecule has 3 heteroatoms. The lowest BCUT2D eigenvalue weighted by atomic mass is 9.73. The Bertz CT molecular complexity index is 150. The minimum absolute atomic E-state index is 0.0288. The number of rotatable bonds is 2. The van der Waals surface area contributed by atoms with Gasteiger partial charge in [0.2, 0.25) is 0 Å². The fraction of sp³-hybridized carbons (Fsp3) is 0.714. The van der Waals surface area contributed by atoms with Crippen molar-refractivity contribution >= 4 is 11.8 Å². The molecule has 3 nitrogen and oxygen atoms in total. The third-order valence-corrected chi connectivity index (χ3v) is 2.06. The van der Waals surface area contributed by atoms with Crippen molar-refractivity contribution in [2.24, 2.45) is 11.8 Å². The second-order valence-corrected chi connectivity index (χ2v) is 2.81. The normalized spacial score (nSPS) is 30.9. The molecule has 0 unspecified atom stereocenters. The number of carbonyl (C=O) groups is 2. The Morgan fingerprint density at radius 3 is 2.10 bits per heavy atom. The molecule has 0 aromatic heterocycles. The van der Waals surface area contributed by atoms with E-state index in [4.69, 9.17) is 5.11 Å². The van der Waals surface area contributed by atoms with E-state index < -0.39 is 5.97 Å². The summed E-state index contributed by atoms with van der Waals surface area (Å²) in [5.74, 6) is -0.870. The van der Waals surface area contributed by atoms with Gasteiger partial charge in [-0.3, -0.25) is 9.59 Å². The Morgan fingerprint density at radius 2 is 1.80 bits per heavy atom. The van der Waals surface area contributed by atoms with Gasteiger partial charge < -0.3 is 5.11 Å². The van der Waals surface area contributed by atoms with Gasteiger partial charge in [0, 0.05) is 5.92 Å². The van der Waals surface area contributed by atoms with Crippen LogP contribution in [0.4, 0.5) is 0 Å². The number of carboxylic acid groups (broad SMARTS) is 1. The van der Waals surface area contributed by atoms with E-state index in [1.807, 2.05) is 0 Å². The summed E-state index contributed by atoms with van der Waals surface area (Å²) < 4.78 is 0. The van der Waals surface area contributed by atoms with Gasteiger partial charge in [0.15, 0.2) is 0 Å². The van der Waals surface area contributed by atoms with E-state index in [1.165, 1.54) is 6.92 Å². The third-order valence-electron chi connectivity index (χ3n) is 2.06. The Hall–Kier alpha value is -0.860. The fourth-order valence-electron chi connectivity index (χ4n) is 1.15. The van der Waals surface area contributed by atoms with Gasteiger partial charge in [-0.15, -0.1) is 0 Å². The maximum absolute atomic E-state index is 10.6. The summed E-state index contributed by atoms with van der Waals surface area (Å²) in [4.78, 5) is 20.8. The molecule has 0 heterocycles. The van der Waals surface area contributed by atoms with Crippen LogP contribution in [0.3, 0.4) is 0 Å². The number of carbonyl (C=O) groups excluding carboxylic acids is 1. The molecule has 1 aliphatic rings. The van der Waals surface area contributed by atoms with Crippen LogP contribution in [0.5, 0.6) is 0 Å². The first-order valence-corrected chi connectivity index (χ1v) is 3.34. The molecule has 1 saturated carbocycles. The number of Topliss-reactive ketones (excluding diaryl/α,β-unsaturated/α-hetero) is 1.